The standard InChI is InChI=1S/C32H25NO4/c1-21-8-17-29-27(18-21)28(19-30(33-29)24-13-15-26(36-2)16-14-24)32(35)37-20-31(34)25-11-9-23(10-12-25)22-6-4-3-5-7-22/h3-19H,20H2,1-2H3. The van der Waals surface area contributed by atoms with Crippen LogP contribution in [0.25, 0.3) is 33.3 Å². The van der Waals surface area contributed by atoms with Gasteiger partial charge in [-0.2, -0.15) is 0 Å². The lowest BCUT2D eigenvalue weighted by Crippen LogP contribution is -2.15. The van der Waals surface area contributed by atoms with E-state index in [4.69, 9.17) is 14.5 Å². The maximum Gasteiger partial charge on any atom is 0.339 e. The van der Waals surface area contributed by atoms with Crippen LogP contribution in [-0.4, -0.2) is 30.5 Å². The fourth-order valence-corrected chi connectivity index (χ4v) is 4.19. The highest BCUT2D eigenvalue weighted by molar-refractivity contribution is 6.06. The van der Waals surface area contributed by atoms with Crippen LogP contribution in [0.5, 0.6) is 5.75 Å². The predicted octanol–water partition coefficient (Wildman–Crippen LogP) is 6.93. The van der Waals surface area contributed by atoms with Crippen LogP contribution in [0.4, 0.5) is 0 Å². The first kappa shape index (κ1) is 23.9. The Morgan fingerprint density at radius 3 is 2.14 bits per heavy atom. The maximum atomic E-state index is 13.2. The van der Waals surface area contributed by atoms with E-state index < -0.39 is 5.97 Å². The largest absolute Gasteiger partial charge is 0.497 e. The van der Waals surface area contributed by atoms with Gasteiger partial charge in [-0.3, -0.25) is 4.79 Å². The van der Waals surface area contributed by atoms with Gasteiger partial charge in [0.1, 0.15) is 5.75 Å². The van der Waals surface area contributed by atoms with Crippen LogP contribution in [0.15, 0.2) is 103 Å². The molecule has 4 aromatic carbocycles. The lowest BCUT2D eigenvalue weighted by atomic mass is 10.0. The number of ketones is 1. The molecule has 0 aliphatic rings. The van der Waals surface area contributed by atoms with E-state index in [1.807, 2.05) is 91.9 Å². The van der Waals surface area contributed by atoms with Crippen LogP contribution in [0.2, 0.25) is 0 Å². The van der Waals surface area contributed by atoms with Gasteiger partial charge in [0.2, 0.25) is 0 Å². The number of hydrogen-bond donors (Lipinski definition) is 0. The first-order valence-corrected chi connectivity index (χ1v) is 11.9. The number of ether oxygens (including phenoxy) is 2. The molecule has 5 aromatic rings. The van der Waals surface area contributed by atoms with E-state index in [0.717, 1.165) is 28.0 Å². The van der Waals surface area contributed by atoms with Crippen LogP contribution in [-0.2, 0) is 4.74 Å². The summed E-state index contributed by atoms with van der Waals surface area (Å²) in [5.74, 6) is -0.102. The lowest BCUT2D eigenvalue weighted by molar-refractivity contribution is 0.0476. The highest BCUT2D eigenvalue weighted by Gasteiger charge is 2.18. The maximum absolute atomic E-state index is 13.2. The van der Waals surface area contributed by atoms with Gasteiger partial charge in [-0.1, -0.05) is 66.2 Å². The summed E-state index contributed by atoms with van der Waals surface area (Å²) >= 11 is 0. The summed E-state index contributed by atoms with van der Waals surface area (Å²) in [6.07, 6.45) is 0. The zero-order valence-electron chi connectivity index (χ0n) is 20.6. The summed E-state index contributed by atoms with van der Waals surface area (Å²) in [6, 6.07) is 32.1. The molecule has 5 nitrogen and oxygen atoms in total. The van der Waals surface area contributed by atoms with Crippen molar-refractivity contribution in [3.8, 4) is 28.1 Å². The van der Waals surface area contributed by atoms with Gasteiger partial charge in [-0.25, -0.2) is 9.78 Å². The number of carbonyl (C=O) groups excluding carboxylic acids is 2. The molecule has 0 aliphatic carbocycles. The number of benzene rings is 4. The van der Waals surface area contributed by atoms with Gasteiger partial charge in [-0.05, 0) is 60.5 Å². The molecule has 0 fully saturated rings. The average Bonchev–Trinajstić information content (AvgIpc) is 2.95. The third-order valence-corrected chi connectivity index (χ3v) is 6.22. The highest BCUT2D eigenvalue weighted by Crippen LogP contribution is 2.28. The van der Waals surface area contributed by atoms with Crippen LogP contribution in [0.3, 0.4) is 0 Å². The van der Waals surface area contributed by atoms with Crippen LogP contribution in [0.1, 0.15) is 26.3 Å². The average molecular weight is 488 g/mol. The minimum atomic E-state index is -0.568. The Labute approximate surface area is 215 Å². The van der Waals surface area contributed by atoms with Crippen molar-refractivity contribution < 1.29 is 19.1 Å². The summed E-state index contributed by atoms with van der Waals surface area (Å²) in [6.45, 7) is 1.60. The number of aryl methyl sites for hydroxylation is 1. The Morgan fingerprint density at radius 2 is 1.43 bits per heavy atom. The van der Waals surface area contributed by atoms with Gasteiger partial charge in [-0.15, -0.1) is 0 Å². The van der Waals surface area contributed by atoms with Crippen molar-refractivity contribution in [2.45, 2.75) is 6.92 Å². The molecule has 37 heavy (non-hydrogen) atoms. The number of carbonyl (C=O) groups is 2. The Bertz CT molecular complexity index is 1570. The van der Waals surface area contributed by atoms with E-state index in [9.17, 15) is 9.59 Å². The molecule has 0 N–H and O–H groups in total. The van der Waals surface area contributed by atoms with Crippen LogP contribution < -0.4 is 4.74 Å². The summed E-state index contributed by atoms with van der Waals surface area (Å²) < 4.78 is 10.7. The second kappa shape index (κ2) is 10.5. The van der Waals surface area contributed by atoms with Crippen molar-refractivity contribution in [2.24, 2.45) is 0 Å². The van der Waals surface area contributed by atoms with Crippen molar-refractivity contribution >= 4 is 22.7 Å². The fourth-order valence-electron chi connectivity index (χ4n) is 4.19. The normalized spacial score (nSPS) is 10.8. The zero-order chi connectivity index (χ0) is 25.8. The van der Waals surface area contributed by atoms with Crippen LogP contribution >= 0.6 is 0 Å². The molecule has 0 spiro atoms. The van der Waals surface area contributed by atoms with Crippen molar-refractivity contribution in [3.05, 3.63) is 120 Å². The quantitative estimate of drug-likeness (QED) is 0.184. The number of hydrogen-bond acceptors (Lipinski definition) is 5. The molecule has 5 heteroatoms. The minimum Gasteiger partial charge on any atom is -0.497 e. The van der Waals surface area contributed by atoms with E-state index in [-0.39, 0.29) is 12.4 Å². The van der Waals surface area contributed by atoms with E-state index >= 15 is 0 Å². The molecule has 0 bridgehead atoms. The molecule has 0 saturated carbocycles. The number of rotatable bonds is 7. The number of fused-ring (bicyclic) bond motifs is 1. The van der Waals surface area contributed by atoms with E-state index in [1.54, 1.807) is 25.3 Å². The van der Waals surface area contributed by atoms with Crippen LogP contribution in [0, 0.1) is 6.92 Å². The van der Waals surface area contributed by atoms with Gasteiger partial charge in [0.05, 0.1) is 23.9 Å². The van der Waals surface area contributed by atoms with Gasteiger partial charge < -0.3 is 9.47 Å². The molecule has 5 rings (SSSR count). The molecule has 0 saturated heterocycles. The Morgan fingerprint density at radius 1 is 0.757 bits per heavy atom. The molecular formula is C32H25NO4. The number of methoxy groups -OCH3 is 1. The molecule has 0 amide bonds. The molecule has 1 aromatic heterocycles. The molecule has 0 radical (unpaired) electrons. The molecule has 0 atom stereocenters. The van der Waals surface area contributed by atoms with Gasteiger partial charge in [0, 0.05) is 16.5 Å². The second-order valence-corrected chi connectivity index (χ2v) is 8.75. The Balaban J connectivity index is 1.38. The predicted molar refractivity (Wildman–Crippen MR) is 145 cm³/mol. The number of esters is 1. The van der Waals surface area contributed by atoms with Gasteiger partial charge in [0.15, 0.2) is 12.4 Å². The van der Waals surface area contributed by atoms with Crippen molar-refractivity contribution in [1.82, 2.24) is 4.98 Å². The first-order valence-electron chi connectivity index (χ1n) is 11.9. The lowest BCUT2D eigenvalue weighted by Gasteiger charge is -2.11. The smallest absolute Gasteiger partial charge is 0.339 e. The zero-order valence-corrected chi connectivity index (χ0v) is 20.6. The SMILES string of the molecule is COc1ccc(-c2cc(C(=O)OCC(=O)c3ccc(-c4ccccc4)cc3)c3cc(C)ccc3n2)cc1. The summed E-state index contributed by atoms with van der Waals surface area (Å²) in [4.78, 5) is 30.7. The minimum absolute atomic E-state index is 0.266. The highest BCUT2D eigenvalue weighted by atomic mass is 16.5. The summed E-state index contributed by atoms with van der Waals surface area (Å²) in [7, 11) is 1.61. The molecule has 0 unspecified atom stereocenters. The van der Waals surface area contributed by atoms with E-state index in [2.05, 4.69) is 0 Å². The summed E-state index contributed by atoms with van der Waals surface area (Å²) in [5, 5.41) is 0.682. The second-order valence-electron chi connectivity index (χ2n) is 8.75. The fraction of sp³-hybridized carbons (Fsp3) is 0.0938. The summed E-state index contributed by atoms with van der Waals surface area (Å²) in [5.41, 5.74) is 6.08. The van der Waals surface area contributed by atoms with Crippen molar-refractivity contribution in [1.29, 1.82) is 0 Å². The van der Waals surface area contributed by atoms with Gasteiger partial charge >= 0.3 is 5.97 Å². The number of Topliss-reactive ketones (excluding diaryl/α,β-unsaturated/α-hetero) is 1. The monoisotopic (exact) mass is 487 g/mol. The van der Waals surface area contributed by atoms with E-state index in [0.29, 0.717) is 27.7 Å². The third kappa shape index (κ3) is 5.26. The van der Waals surface area contributed by atoms with Crippen molar-refractivity contribution in [3.63, 3.8) is 0 Å². The first-order chi connectivity index (χ1) is 18.0. The molecule has 182 valence electrons. The number of aromatic nitrogens is 1. The Kier molecular flexibility index (Phi) is 6.77. The van der Waals surface area contributed by atoms with Crippen molar-refractivity contribution in [2.75, 3.05) is 13.7 Å². The Hall–Kier alpha value is -4.77. The third-order valence-electron chi connectivity index (χ3n) is 6.22. The molecule has 0 aliphatic heterocycles. The molecule has 1 heterocycles. The topological polar surface area (TPSA) is 65.5 Å². The number of nitrogens with zero attached hydrogens (tertiary/aromatic N) is 1. The number of pyridine rings is 1. The van der Waals surface area contributed by atoms with Gasteiger partial charge in [0.25, 0.3) is 0 Å². The van der Waals surface area contributed by atoms with E-state index in [1.165, 1.54) is 0 Å². The molecular weight excluding hydrogens is 462 g/mol.